The van der Waals surface area contributed by atoms with E-state index in [2.05, 4.69) is 45.6 Å². The van der Waals surface area contributed by atoms with Crippen molar-refractivity contribution in [3.63, 3.8) is 0 Å². The van der Waals surface area contributed by atoms with Gasteiger partial charge in [0.2, 0.25) is 5.91 Å². The summed E-state index contributed by atoms with van der Waals surface area (Å²) < 4.78 is 3.50. The molecule has 2 aromatic heterocycles. The number of nitrogens with zero attached hydrogens (tertiary/aromatic N) is 4. The van der Waals surface area contributed by atoms with Gasteiger partial charge in [-0.1, -0.05) is 44.4 Å². The number of hydrogen-bond acceptors (Lipinski definition) is 5. The molecule has 7 nitrogen and oxygen atoms in total. The molecule has 1 aromatic carbocycles. The van der Waals surface area contributed by atoms with Crippen molar-refractivity contribution in [3.05, 3.63) is 40.8 Å². The molecule has 0 bridgehead atoms. The second-order valence-electron chi connectivity index (χ2n) is 10.6. The number of rotatable bonds is 5. The number of piperazine rings is 1. The SMILES string of the molecule is CCN1CCN(C(=O)CN2CCn3c(c(C4CCCCC4)c4sc(C(=O)O)cc43)-c3ccccc32)CC1. The van der Waals surface area contributed by atoms with Gasteiger partial charge in [-0.25, -0.2) is 4.79 Å². The highest BCUT2D eigenvalue weighted by molar-refractivity contribution is 7.21. The quantitative estimate of drug-likeness (QED) is 0.507. The summed E-state index contributed by atoms with van der Waals surface area (Å²) in [5.41, 5.74) is 5.90. The van der Waals surface area contributed by atoms with E-state index in [1.54, 1.807) is 0 Å². The molecule has 0 unspecified atom stereocenters. The Balaban J connectivity index is 1.39. The number of aromatic nitrogens is 1. The second-order valence-corrected chi connectivity index (χ2v) is 11.7. The van der Waals surface area contributed by atoms with Crippen LogP contribution in [0.3, 0.4) is 0 Å². The molecule has 37 heavy (non-hydrogen) atoms. The van der Waals surface area contributed by atoms with Crippen LogP contribution in [0.2, 0.25) is 0 Å². The third-order valence-corrected chi connectivity index (χ3v) is 9.73. The molecule has 0 radical (unpaired) electrons. The predicted octanol–water partition coefficient (Wildman–Crippen LogP) is 5.10. The number of benzene rings is 1. The summed E-state index contributed by atoms with van der Waals surface area (Å²) in [4.78, 5) is 32.4. The molecule has 2 fully saturated rings. The van der Waals surface area contributed by atoms with Crippen LogP contribution < -0.4 is 4.90 Å². The lowest BCUT2D eigenvalue weighted by molar-refractivity contribution is -0.131. The van der Waals surface area contributed by atoms with Gasteiger partial charge in [-0.3, -0.25) is 4.79 Å². The second kappa shape index (κ2) is 10.1. The Kier molecular flexibility index (Phi) is 6.71. The first-order chi connectivity index (χ1) is 18.0. The maximum Gasteiger partial charge on any atom is 0.345 e. The Labute approximate surface area is 222 Å². The first kappa shape index (κ1) is 24.5. The van der Waals surface area contributed by atoms with Crippen molar-refractivity contribution in [2.24, 2.45) is 0 Å². The third-order valence-electron chi connectivity index (χ3n) is 8.59. The first-order valence-electron chi connectivity index (χ1n) is 13.8. The van der Waals surface area contributed by atoms with Crippen molar-refractivity contribution in [3.8, 4) is 11.3 Å². The standard InChI is InChI=1S/C29H36N4O3S/c1-2-30-12-14-31(15-13-30)25(34)19-32-16-17-33-23-18-24(29(35)36)37-28(23)26(20-8-4-3-5-9-20)27(33)21-10-6-7-11-22(21)32/h6-7,10-11,18,20H,2-5,8-9,12-17,19H2,1H3,(H,35,36). The monoisotopic (exact) mass is 520 g/mol. The van der Waals surface area contributed by atoms with Gasteiger partial charge in [0.25, 0.3) is 0 Å². The van der Waals surface area contributed by atoms with Crippen LogP contribution in [0.5, 0.6) is 0 Å². The van der Waals surface area contributed by atoms with Gasteiger partial charge in [-0.05, 0) is 43.0 Å². The first-order valence-corrected chi connectivity index (χ1v) is 14.6. The van der Waals surface area contributed by atoms with Crippen LogP contribution in [-0.2, 0) is 11.3 Å². The Hall–Kier alpha value is -2.84. The zero-order valence-corrected chi connectivity index (χ0v) is 22.4. The van der Waals surface area contributed by atoms with Crippen molar-refractivity contribution in [1.82, 2.24) is 14.4 Å². The number of carboxylic acids is 1. The summed E-state index contributed by atoms with van der Waals surface area (Å²) in [5, 5.41) is 9.77. The van der Waals surface area contributed by atoms with Crippen LogP contribution in [0.1, 0.15) is 60.2 Å². The van der Waals surface area contributed by atoms with E-state index in [9.17, 15) is 14.7 Å². The number of aromatic carboxylic acids is 1. The molecule has 196 valence electrons. The lowest BCUT2D eigenvalue weighted by Crippen LogP contribution is -2.51. The highest BCUT2D eigenvalue weighted by Gasteiger charge is 2.33. The van der Waals surface area contributed by atoms with E-state index in [0.29, 0.717) is 17.3 Å². The predicted molar refractivity (Wildman–Crippen MR) is 149 cm³/mol. The van der Waals surface area contributed by atoms with E-state index < -0.39 is 5.97 Å². The average Bonchev–Trinajstić information content (AvgIpc) is 3.44. The van der Waals surface area contributed by atoms with Crippen LogP contribution >= 0.6 is 11.3 Å². The van der Waals surface area contributed by atoms with E-state index >= 15 is 0 Å². The van der Waals surface area contributed by atoms with Gasteiger partial charge in [-0.15, -0.1) is 11.3 Å². The van der Waals surface area contributed by atoms with E-state index in [0.717, 1.165) is 74.6 Å². The molecule has 1 saturated carbocycles. The fourth-order valence-electron chi connectivity index (χ4n) is 6.58. The molecule has 0 spiro atoms. The number of likely N-dealkylation sites (N-methyl/N-ethyl adjacent to an activating group) is 1. The molecule has 3 aliphatic rings. The number of amides is 1. The van der Waals surface area contributed by atoms with Crippen molar-refractivity contribution >= 4 is 39.1 Å². The van der Waals surface area contributed by atoms with E-state index in [4.69, 9.17) is 0 Å². The molecular formula is C29H36N4O3S. The van der Waals surface area contributed by atoms with Crippen LogP contribution in [0.15, 0.2) is 30.3 Å². The number of anilines is 1. The largest absolute Gasteiger partial charge is 0.477 e. The lowest BCUT2D eigenvalue weighted by Gasteiger charge is -2.35. The van der Waals surface area contributed by atoms with Gasteiger partial charge in [0, 0.05) is 50.5 Å². The minimum atomic E-state index is -0.852. The number of para-hydroxylation sites is 1. The van der Waals surface area contributed by atoms with Crippen molar-refractivity contribution in [2.75, 3.05) is 50.7 Å². The lowest BCUT2D eigenvalue weighted by atomic mass is 9.83. The van der Waals surface area contributed by atoms with Crippen LogP contribution in [0, 0.1) is 0 Å². The van der Waals surface area contributed by atoms with Gasteiger partial charge >= 0.3 is 5.97 Å². The zero-order chi connectivity index (χ0) is 25.5. The topological polar surface area (TPSA) is 69.0 Å². The number of carbonyl (C=O) groups is 2. The summed E-state index contributed by atoms with van der Waals surface area (Å²) in [6, 6.07) is 10.4. The molecule has 1 amide bonds. The molecule has 8 heteroatoms. The average molecular weight is 521 g/mol. The molecule has 4 heterocycles. The molecule has 2 aliphatic heterocycles. The molecule has 0 atom stereocenters. The van der Waals surface area contributed by atoms with Crippen LogP contribution in [0.25, 0.3) is 21.5 Å². The van der Waals surface area contributed by atoms with E-state index in [1.165, 1.54) is 47.4 Å². The van der Waals surface area contributed by atoms with Crippen molar-refractivity contribution in [1.29, 1.82) is 0 Å². The number of carboxylic acid groups (broad SMARTS) is 1. The molecular weight excluding hydrogens is 484 g/mol. The normalized spacial score (nSPS) is 19.1. The third kappa shape index (κ3) is 4.44. The fraction of sp³-hybridized carbons (Fsp3) is 0.517. The number of thiophene rings is 1. The summed E-state index contributed by atoms with van der Waals surface area (Å²) in [7, 11) is 0. The van der Waals surface area contributed by atoms with E-state index in [-0.39, 0.29) is 5.91 Å². The number of fused-ring (bicyclic) bond motifs is 5. The van der Waals surface area contributed by atoms with Gasteiger partial charge in [0.05, 0.1) is 22.5 Å². The van der Waals surface area contributed by atoms with Gasteiger partial charge < -0.3 is 24.4 Å². The Bertz CT molecular complexity index is 1310. The summed E-state index contributed by atoms with van der Waals surface area (Å²) in [5.74, 6) is -0.211. The Morgan fingerprint density at radius 3 is 2.49 bits per heavy atom. The maximum atomic E-state index is 13.4. The molecule has 1 N–H and O–H groups in total. The fourth-order valence-corrected chi connectivity index (χ4v) is 7.70. The molecule has 1 saturated heterocycles. The number of carbonyl (C=O) groups excluding carboxylic acids is 1. The summed E-state index contributed by atoms with van der Waals surface area (Å²) in [6.07, 6.45) is 6.03. The summed E-state index contributed by atoms with van der Waals surface area (Å²) in [6.45, 7) is 8.50. The zero-order valence-electron chi connectivity index (χ0n) is 21.6. The minimum absolute atomic E-state index is 0.193. The van der Waals surface area contributed by atoms with Gasteiger partial charge in [-0.2, -0.15) is 0 Å². The summed E-state index contributed by atoms with van der Waals surface area (Å²) >= 11 is 1.43. The molecule has 1 aliphatic carbocycles. The maximum absolute atomic E-state index is 13.4. The van der Waals surface area contributed by atoms with Gasteiger partial charge in [0.1, 0.15) is 4.88 Å². The van der Waals surface area contributed by atoms with Crippen molar-refractivity contribution < 1.29 is 14.7 Å². The smallest absolute Gasteiger partial charge is 0.345 e. The Morgan fingerprint density at radius 1 is 1.00 bits per heavy atom. The van der Waals surface area contributed by atoms with Crippen LogP contribution in [-0.4, -0.2) is 77.2 Å². The molecule has 3 aromatic rings. The van der Waals surface area contributed by atoms with Crippen LogP contribution in [0.4, 0.5) is 5.69 Å². The van der Waals surface area contributed by atoms with Gasteiger partial charge in [0.15, 0.2) is 0 Å². The minimum Gasteiger partial charge on any atom is -0.477 e. The van der Waals surface area contributed by atoms with Crippen molar-refractivity contribution in [2.45, 2.75) is 51.5 Å². The highest BCUT2D eigenvalue weighted by Crippen LogP contribution is 2.49. The highest BCUT2D eigenvalue weighted by atomic mass is 32.1. The number of hydrogen-bond donors (Lipinski definition) is 1. The van der Waals surface area contributed by atoms with E-state index in [1.807, 2.05) is 11.0 Å². The molecule has 6 rings (SSSR count). The Morgan fingerprint density at radius 2 is 1.76 bits per heavy atom.